The summed E-state index contributed by atoms with van der Waals surface area (Å²) in [6, 6.07) is 18.0. The number of allylic oxidation sites excluding steroid dienone is 1. The van der Waals surface area contributed by atoms with Crippen molar-refractivity contribution < 1.29 is 4.74 Å². The Labute approximate surface area is 183 Å². The summed E-state index contributed by atoms with van der Waals surface area (Å²) in [4.78, 5) is 0. The minimum atomic E-state index is 0.454. The van der Waals surface area contributed by atoms with E-state index in [1.54, 1.807) is 5.56 Å². The lowest BCUT2D eigenvalue weighted by Crippen LogP contribution is -2.44. The highest BCUT2D eigenvalue weighted by molar-refractivity contribution is 5.64. The lowest BCUT2D eigenvalue weighted by molar-refractivity contribution is 0.0305. The van der Waals surface area contributed by atoms with Gasteiger partial charge < -0.3 is 4.74 Å². The third-order valence-electron chi connectivity index (χ3n) is 7.98. The van der Waals surface area contributed by atoms with Gasteiger partial charge in [-0.15, -0.1) is 0 Å². The van der Waals surface area contributed by atoms with E-state index in [-0.39, 0.29) is 0 Å². The van der Waals surface area contributed by atoms with Crippen LogP contribution in [0.25, 0.3) is 11.1 Å². The van der Waals surface area contributed by atoms with Crippen LogP contribution in [-0.4, -0.2) is 6.61 Å². The number of benzene rings is 2. The summed E-state index contributed by atoms with van der Waals surface area (Å²) >= 11 is 0. The molecule has 0 aliphatic heterocycles. The third kappa shape index (κ3) is 4.51. The van der Waals surface area contributed by atoms with Crippen molar-refractivity contribution in [1.82, 2.24) is 0 Å². The Bertz CT molecular complexity index is 803. The molecule has 30 heavy (non-hydrogen) atoms. The fourth-order valence-corrected chi connectivity index (χ4v) is 5.82. The van der Waals surface area contributed by atoms with E-state index in [9.17, 15) is 0 Å². The molecule has 1 heteroatoms. The maximum Gasteiger partial charge on any atom is 0.119 e. The van der Waals surface area contributed by atoms with E-state index in [1.807, 2.05) is 19.1 Å². The van der Waals surface area contributed by atoms with Crippen molar-refractivity contribution in [2.45, 2.75) is 83.5 Å². The average Bonchev–Trinajstić information content (AvgIpc) is 2.81. The first-order chi connectivity index (χ1) is 14.7. The maximum atomic E-state index is 5.72. The molecule has 2 aromatic carbocycles. The monoisotopic (exact) mass is 402 g/mol. The Morgan fingerprint density at radius 1 is 0.800 bits per heavy atom. The highest BCUT2D eigenvalue weighted by Crippen LogP contribution is 2.59. The molecular formula is C29H38O. The second-order valence-corrected chi connectivity index (χ2v) is 9.72. The number of fused-ring (bicyclic) bond motifs is 3. The molecule has 0 spiro atoms. The number of hydrogen-bond acceptors (Lipinski definition) is 1. The van der Waals surface area contributed by atoms with Crippen LogP contribution < -0.4 is 4.74 Å². The SMILES string of the molecule is CC=CCOc1ccc(-c2ccc(C34CCC(CCCCC)(CC3)CC4)cc2)cc1. The van der Waals surface area contributed by atoms with Gasteiger partial charge in [-0.2, -0.15) is 0 Å². The van der Waals surface area contributed by atoms with Crippen LogP contribution in [0, 0.1) is 5.41 Å². The summed E-state index contributed by atoms with van der Waals surface area (Å²) in [6.07, 6.45) is 18.3. The van der Waals surface area contributed by atoms with Crippen LogP contribution in [0.3, 0.4) is 0 Å². The first kappa shape index (κ1) is 21.2. The van der Waals surface area contributed by atoms with Crippen LogP contribution in [0.15, 0.2) is 60.7 Å². The average molecular weight is 403 g/mol. The summed E-state index contributed by atoms with van der Waals surface area (Å²) in [6.45, 7) is 4.97. The summed E-state index contributed by atoms with van der Waals surface area (Å²) in [7, 11) is 0. The molecule has 0 saturated heterocycles. The molecule has 3 aliphatic rings. The predicted molar refractivity (Wildman–Crippen MR) is 128 cm³/mol. The smallest absolute Gasteiger partial charge is 0.119 e. The lowest BCUT2D eigenvalue weighted by Gasteiger charge is -2.54. The Balaban J connectivity index is 1.40. The van der Waals surface area contributed by atoms with Gasteiger partial charge in [0.05, 0.1) is 0 Å². The van der Waals surface area contributed by atoms with Gasteiger partial charge in [0.2, 0.25) is 0 Å². The van der Waals surface area contributed by atoms with Crippen LogP contribution in [-0.2, 0) is 5.41 Å². The van der Waals surface area contributed by atoms with Crippen molar-refractivity contribution in [3.8, 4) is 16.9 Å². The Kier molecular flexibility index (Phi) is 6.66. The van der Waals surface area contributed by atoms with Crippen molar-refractivity contribution in [3.63, 3.8) is 0 Å². The molecule has 0 unspecified atom stereocenters. The van der Waals surface area contributed by atoms with Crippen molar-refractivity contribution in [1.29, 1.82) is 0 Å². The molecule has 2 bridgehead atoms. The fourth-order valence-electron chi connectivity index (χ4n) is 5.82. The van der Waals surface area contributed by atoms with Gasteiger partial charge in [0.1, 0.15) is 12.4 Å². The van der Waals surface area contributed by atoms with Crippen LogP contribution in [0.1, 0.15) is 83.6 Å². The van der Waals surface area contributed by atoms with E-state index < -0.39 is 0 Å². The molecule has 5 rings (SSSR count). The van der Waals surface area contributed by atoms with Crippen molar-refractivity contribution in [2.75, 3.05) is 6.61 Å². The second kappa shape index (κ2) is 9.41. The quantitative estimate of drug-likeness (QED) is 0.302. The van der Waals surface area contributed by atoms with Gasteiger partial charge in [0.15, 0.2) is 0 Å². The van der Waals surface area contributed by atoms with Gasteiger partial charge >= 0.3 is 0 Å². The molecule has 3 fully saturated rings. The number of hydrogen-bond donors (Lipinski definition) is 0. The molecule has 1 nitrogen and oxygen atoms in total. The molecular weight excluding hydrogens is 364 g/mol. The first-order valence-corrected chi connectivity index (χ1v) is 12.1. The van der Waals surface area contributed by atoms with Crippen LogP contribution in [0.4, 0.5) is 0 Å². The van der Waals surface area contributed by atoms with Crippen molar-refractivity contribution in [3.05, 3.63) is 66.2 Å². The number of unbranched alkanes of at least 4 members (excludes halogenated alkanes) is 2. The number of ether oxygens (including phenoxy) is 1. The van der Waals surface area contributed by atoms with E-state index in [0.717, 1.165) is 5.75 Å². The van der Waals surface area contributed by atoms with E-state index in [1.165, 1.54) is 75.3 Å². The van der Waals surface area contributed by atoms with E-state index >= 15 is 0 Å². The molecule has 2 aromatic rings. The lowest BCUT2D eigenvalue weighted by atomic mass is 9.51. The van der Waals surface area contributed by atoms with Gasteiger partial charge in [-0.25, -0.2) is 0 Å². The van der Waals surface area contributed by atoms with Crippen LogP contribution >= 0.6 is 0 Å². The molecule has 0 amide bonds. The topological polar surface area (TPSA) is 9.23 Å². The molecule has 0 N–H and O–H groups in total. The summed E-state index contributed by atoms with van der Waals surface area (Å²) in [5.41, 5.74) is 5.29. The standard InChI is InChI=1S/C29H38O/c1-3-5-7-16-28-17-20-29(21-18-28,22-19-28)26-12-8-24(9-13-26)25-10-14-27(15-11-25)30-23-6-4-2/h4,6,8-15H,3,5,7,16-23H2,1-2H3. The summed E-state index contributed by atoms with van der Waals surface area (Å²) < 4.78 is 5.72. The normalized spacial score (nSPS) is 25.7. The predicted octanol–water partition coefficient (Wildman–Crippen LogP) is 8.48. The van der Waals surface area contributed by atoms with Gasteiger partial charge in [-0.1, -0.05) is 74.7 Å². The minimum Gasteiger partial charge on any atom is -0.490 e. The van der Waals surface area contributed by atoms with Gasteiger partial charge in [0.25, 0.3) is 0 Å². The highest BCUT2D eigenvalue weighted by Gasteiger charge is 2.48. The van der Waals surface area contributed by atoms with E-state index in [4.69, 9.17) is 4.74 Å². The van der Waals surface area contributed by atoms with Gasteiger partial charge in [0, 0.05) is 0 Å². The largest absolute Gasteiger partial charge is 0.490 e. The molecule has 160 valence electrons. The molecule has 0 atom stereocenters. The third-order valence-corrected chi connectivity index (χ3v) is 7.98. The van der Waals surface area contributed by atoms with E-state index in [0.29, 0.717) is 17.4 Å². The minimum absolute atomic E-state index is 0.454. The van der Waals surface area contributed by atoms with E-state index in [2.05, 4.69) is 55.5 Å². The Morgan fingerprint density at radius 2 is 1.40 bits per heavy atom. The summed E-state index contributed by atoms with van der Waals surface area (Å²) in [5.74, 6) is 0.930. The molecule has 0 radical (unpaired) electrons. The van der Waals surface area contributed by atoms with Crippen LogP contribution in [0.2, 0.25) is 0 Å². The molecule has 3 aliphatic carbocycles. The highest BCUT2D eigenvalue weighted by atomic mass is 16.5. The molecule has 0 aromatic heterocycles. The first-order valence-electron chi connectivity index (χ1n) is 12.1. The summed E-state index contributed by atoms with van der Waals surface area (Å²) in [5, 5.41) is 0. The molecule has 0 heterocycles. The second-order valence-electron chi connectivity index (χ2n) is 9.72. The zero-order valence-corrected chi connectivity index (χ0v) is 19.0. The number of rotatable bonds is 9. The Morgan fingerprint density at radius 3 is 1.97 bits per heavy atom. The van der Waals surface area contributed by atoms with Crippen molar-refractivity contribution >= 4 is 0 Å². The maximum absolute atomic E-state index is 5.72. The zero-order chi connectivity index (χ0) is 20.9. The zero-order valence-electron chi connectivity index (χ0n) is 19.0. The van der Waals surface area contributed by atoms with Crippen molar-refractivity contribution in [2.24, 2.45) is 5.41 Å². The van der Waals surface area contributed by atoms with Gasteiger partial charge in [-0.05, 0) is 91.5 Å². The van der Waals surface area contributed by atoms with Crippen LogP contribution in [0.5, 0.6) is 5.75 Å². The fraction of sp³-hybridized carbons (Fsp3) is 0.517. The Hall–Kier alpha value is -2.02. The molecule has 3 saturated carbocycles. The van der Waals surface area contributed by atoms with Gasteiger partial charge in [-0.3, -0.25) is 0 Å².